The minimum Gasteiger partial charge on any atom is -0.383 e. The Morgan fingerprint density at radius 3 is 2.92 bits per heavy atom. The van der Waals surface area contributed by atoms with E-state index in [1.54, 1.807) is 7.11 Å². The molecule has 1 saturated carbocycles. The van der Waals surface area contributed by atoms with Crippen LogP contribution in [0.3, 0.4) is 0 Å². The molecule has 0 amide bonds. The molecule has 0 saturated heterocycles. The monoisotopic (exact) mass is 168 g/mol. The molecule has 0 aromatic heterocycles. The Kier molecular flexibility index (Phi) is 1.61. The molecule has 0 radical (unpaired) electrons. The van der Waals surface area contributed by atoms with Gasteiger partial charge in [-0.15, -0.1) is 0 Å². The summed E-state index contributed by atoms with van der Waals surface area (Å²) in [6.07, 6.45) is 7.14. The Morgan fingerprint density at radius 1 is 1.58 bits per heavy atom. The molecule has 0 heterocycles. The van der Waals surface area contributed by atoms with Crippen molar-refractivity contribution in [3.05, 3.63) is 12.2 Å². The molecule has 0 aliphatic heterocycles. The van der Waals surface area contributed by atoms with Crippen LogP contribution in [0.5, 0.6) is 0 Å². The molecule has 2 rings (SSSR count). The van der Waals surface area contributed by atoms with E-state index in [4.69, 9.17) is 4.74 Å². The van der Waals surface area contributed by atoms with Crippen LogP contribution >= 0.6 is 0 Å². The molecule has 2 heteroatoms. The van der Waals surface area contributed by atoms with Crippen molar-refractivity contribution in [2.75, 3.05) is 7.11 Å². The standard InChI is InChI=1S/C10H16O2/c1-9(11)5-3-8-4-6-10(9,7-8)12-2/h3,5,8,11H,4,6-7H2,1-2H3/t8-,9-,10-/m1/s1. The summed E-state index contributed by atoms with van der Waals surface area (Å²) in [6, 6.07) is 0. The molecule has 0 spiro atoms. The van der Waals surface area contributed by atoms with Gasteiger partial charge in [-0.1, -0.05) is 12.2 Å². The van der Waals surface area contributed by atoms with Crippen LogP contribution in [-0.4, -0.2) is 23.4 Å². The smallest absolute Gasteiger partial charge is 0.109 e. The molecule has 1 fully saturated rings. The molecule has 0 aromatic carbocycles. The average molecular weight is 168 g/mol. The number of fused-ring (bicyclic) bond motifs is 2. The Hall–Kier alpha value is -0.340. The normalized spacial score (nSPS) is 51.4. The summed E-state index contributed by atoms with van der Waals surface area (Å²) in [4.78, 5) is 0. The highest BCUT2D eigenvalue weighted by Gasteiger charge is 2.52. The molecule has 2 nitrogen and oxygen atoms in total. The predicted molar refractivity (Wildman–Crippen MR) is 46.8 cm³/mol. The maximum Gasteiger partial charge on any atom is 0.109 e. The zero-order valence-corrected chi connectivity index (χ0v) is 7.71. The molecule has 2 aliphatic carbocycles. The van der Waals surface area contributed by atoms with E-state index in [-0.39, 0.29) is 5.60 Å². The molecule has 0 unspecified atom stereocenters. The van der Waals surface area contributed by atoms with E-state index in [0.717, 1.165) is 19.3 Å². The van der Waals surface area contributed by atoms with Gasteiger partial charge in [0.1, 0.15) is 11.2 Å². The average Bonchev–Trinajstić information content (AvgIpc) is 2.41. The second-order valence-corrected chi connectivity index (χ2v) is 4.21. The minimum absolute atomic E-state index is 0.299. The van der Waals surface area contributed by atoms with Crippen molar-refractivity contribution in [2.24, 2.45) is 5.92 Å². The van der Waals surface area contributed by atoms with Gasteiger partial charge in [-0.3, -0.25) is 0 Å². The quantitative estimate of drug-likeness (QED) is 0.601. The van der Waals surface area contributed by atoms with Gasteiger partial charge in [0.2, 0.25) is 0 Å². The van der Waals surface area contributed by atoms with Crippen molar-refractivity contribution in [3.8, 4) is 0 Å². The van der Waals surface area contributed by atoms with Crippen molar-refractivity contribution in [3.63, 3.8) is 0 Å². The van der Waals surface area contributed by atoms with Crippen LogP contribution in [-0.2, 0) is 4.74 Å². The number of hydrogen-bond donors (Lipinski definition) is 1. The fourth-order valence-electron chi connectivity index (χ4n) is 2.54. The van der Waals surface area contributed by atoms with Gasteiger partial charge in [-0.2, -0.15) is 0 Å². The number of allylic oxidation sites excluding steroid dienone is 1. The molecule has 68 valence electrons. The zero-order valence-electron chi connectivity index (χ0n) is 7.71. The van der Waals surface area contributed by atoms with E-state index in [1.807, 2.05) is 13.0 Å². The van der Waals surface area contributed by atoms with Gasteiger partial charge in [0.25, 0.3) is 0 Å². The highest BCUT2D eigenvalue weighted by atomic mass is 16.5. The second kappa shape index (κ2) is 2.33. The molecule has 2 aliphatic rings. The summed E-state index contributed by atoms with van der Waals surface area (Å²) in [5, 5.41) is 10.1. The van der Waals surface area contributed by atoms with Crippen LogP contribution in [0.2, 0.25) is 0 Å². The van der Waals surface area contributed by atoms with E-state index in [0.29, 0.717) is 5.92 Å². The summed E-state index contributed by atoms with van der Waals surface area (Å²) in [7, 11) is 1.70. The Balaban J connectivity index is 2.37. The van der Waals surface area contributed by atoms with Crippen LogP contribution in [0.25, 0.3) is 0 Å². The van der Waals surface area contributed by atoms with Gasteiger partial charge in [-0.05, 0) is 32.1 Å². The number of rotatable bonds is 1. The van der Waals surface area contributed by atoms with E-state index in [1.165, 1.54) is 0 Å². The number of methoxy groups -OCH3 is 1. The van der Waals surface area contributed by atoms with Crippen LogP contribution < -0.4 is 0 Å². The van der Waals surface area contributed by atoms with E-state index >= 15 is 0 Å². The second-order valence-electron chi connectivity index (χ2n) is 4.21. The summed E-state index contributed by atoms with van der Waals surface area (Å²) in [5.74, 6) is 0.630. The first-order valence-corrected chi connectivity index (χ1v) is 4.56. The van der Waals surface area contributed by atoms with Gasteiger partial charge in [-0.25, -0.2) is 0 Å². The van der Waals surface area contributed by atoms with Gasteiger partial charge in [0.05, 0.1) is 0 Å². The van der Waals surface area contributed by atoms with Crippen LogP contribution in [0.15, 0.2) is 12.2 Å². The molecule has 1 N–H and O–H groups in total. The lowest BCUT2D eigenvalue weighted by Crippen LogP contribution is -2.51. The van der Waals surface area contributed by atoms with Crippen molar-refractivity contribution >= 4 is 0 Å². The highest BCUT2D eigenvalue weighted by molar-refractivity contribution is 5.21. The largest absolute Gasteiger partial charge is 0.383 e. The van der Waals surface area contributed by atoms with Crippen molar-refractivity contribution < 1.29 is 9.84 Å². The molecule has 0 aromatic rings. The molecule has 12 heavy (non-hydrogen) atoms. The van der Waals surface area contributed by atoms with Crippen molar-refractivity contribution in [1.29, 1.82) is 0 Å². The first kappa shape index (κ1) is 8.27. The van der Waals surface area contributed by atoms with Gasteiger partial charge < -0.3 is 9.84 Å². The van der Waals surface area contributed by atoms with E-state index in [9.17, 15) is 5.11 Å². The lowest BCUT2D eigenvalue weighted by Gasteiger charge is -2.41. The first-order chi connectivity index (χ1) is 5.60. The van der Waals surface area contributed by atoms with Gasteiger partial charge in [0, 0.05) is 7.11 Å². The van der Waals surface area contributed by atoms with Crippen LogP contribution in [0.4, 0.5) is 0 Å². The molecular formula is C10H16O2. The van der Waals surface area contributed by atoms with Crippen LogP contribution in [0.1, 0.15) is 26.2 Å². The fraction of sp³-hybridized carbons (Fsp3) is 0.800. The summed E-state index contributed by atoms with van der Waals surface area (Å²) >= 11 is 0. The van der Waals surface area contributed by atoms with Crippen molar-refractivity contribution in [1.82, 2.24) is 0 Å². The predicted octanol–water partition coefficient (Wildman–Crippen LogP) is 1.49. The maximum absolute atomic E-state index is 10.1. The first-order valence-electron chi connectivity index (χ1n) is 4.56. The lowest BCUT2D eigenvalue weighted by molar-refractivity contribution is -0.136. The van der Waals surface area contributed by atoms with Gasteiger partial charge in [0.15, 0.2) is 0 Å². The fourth-order valence-corrected chi connectivity index (χ4v) is 2.54. The van der Waals surface area contributed by atoms with E-state index < -0.39 is 5.60 Å². The Bertz CT molecular complexity index is 220. The van der Waals surface area contributed by atoms with Crippen LogP contribution in [0, 0.1) is 5.92 Å². The Labute approximate surface area is 73.2 Å². The minimum atomic E-state index is -0.769. The molecule has 2 bridgehead atoms. The molecular weight excluding hydrogens is 152 g/mol. The maximum atomic E-state index is 10.1. The summed E-state index contributed by atoms with van der Waals surface area (Å²) in [6.45, 7) is 1.84. The Morgan fingerprint density at radius 2 is 2.33 bits per heavy atom. The lowest BCUT2D eigenvalue weighted by atomic mass is 9.78. The number of hydrogen-bond acceptors (Lipinski definition) is 2. The zero-order chi connectivity index (χ0) is 8.82. The summed E-state index contributed by atoms with van der Waals surface area (Å²) < 4.78 is 5.48. The third kappa shape index (κ3) is 0.882. The highest BCUT2D eigenvalue weighted by Crippen LogP contribution is 2.48. The number of ether oxygens (including phenoxy) is 1. The SMILES string of the molecule is CO[C@@]12CC[C@@H](C=C[C@@]1(C)O)C2. The van der Waals surface area contributed by atoms with E-state index in [2.05, 4.69) is 6.08 Å². The van der Waals surface area contributed by atoms with Gasteiger partial charge >= 0.3 is 0 Å². The topological polar surface area (TPSA) is 29.5 Å². The summed E-state index contributed by atoms with van der Waals surface area (Å²) in [5.41, 5.74) is -1.07. The number of aliphatic hydroxyl groups is 1. The third-order valence-electron chi connectivity index (χ3n) is 3.52. The molecule has 3 atom stereocenters. The third-order valence-corrected chi connectivity index (χ3v) is 3.52. The van der Waals surface area contributed by atoms with Crippen molar-refractivity contribution in [2.45, 2.75) is 37.4 Å².